The van der Waals surface area contributed by atoms with Gasteiger partial charge in [0.15, 0.2) is 0 Å². The Balaban J connectivity index is 2.04. The summed E-state index contributed by atoms with van der Waals surface area (Å²) in [6.45, 7) is 8.33. The third-order valence-corrected chi connectivity index (χ3v) is 2.91. The molecule has 0 atom stereocenters. The second-order valence-corrected chi connectivity index (χ2v) is 5.08. The molecule has 0 bridgehead atoms. The van der Waals surface area contributed by atoms with Gasteiger partial charge in [0.2, 0.25) is 0 Å². The van der Waals surface area contributed by atoms with Crippen molar-refractivity contribution in [1.82, 2.24) is 15.3 Å². The fourth-order valence-electron chi connectivity index (χ4n) is 1.94. The summed E-state index contributed by atoms with van der Waals surface area (Å²) >= 11 is 0. The molecule has 3 heteroatoms. The number of benzene rings is 1. The minimum atomic E-state index is 0.663. The fourth-order valence-corrected chi connectivity index (χ4v) is 1.94. The second kappa shape index (κ2) is 5.83. The first-order valence-electron chi connectivity index (χ1n) is 6.47. The van der Waals surface area contributed by atoms with E-state index in [0.29, 0.717) is 5.92 Å². The fraction of sp³-hybridized carbons (Fsp3) is 0.400. The molecule has 0 spiro atoms. The summed E-state index contributed by atoms with van der Waals surface area (Å²) in [5.74, 6) is 1.66. The lowest BCUT2D eigenvalue weighted by atomic mass is 10.1. The summed E-state index contributed by atoms with van der Waals surface area (Å²) in [4.78, 5) is 7.78. The van der Waals surface area contributed by atoms with Gasteiger partial charge in [0.1, 0.15) is 5.82 Å². The Kier molecular flexibility index (Phi) is 4.15. The van der Waals surface area contributed by atoms with Gasteiger partial charge < -0.3 is 10.3 Å². The maximum Gasteiger partial charge on any atom is 0.120 e. The molecular weight excluding hydrogens is 222 g/mol. The van der Waals surface area contributed by atoms with E-state index < -0.39 is 0 Å². The minimum Gasteiger partial charge on any atom is -0.341 e. The molecule has 0 saturated carbocycles. The number of hydrogen-bond donors (Lipinski definition) is 2. The van der Waals surface area contributed by atoms with Crippen LogP contribution in [0.5, 0.6) is 0 Å². The number of hydrogen-bond acceptors (Lipinski definition) is 2. The number of nitrogens with one attached hydrogen (secondary N) is 2. The third kappa shape index (κ3) is 3.20. The molecule has 1 aromatic heterocycles. The van der Waals surface area contributed by atoms with E-state index in [4.69, 9.17) is 0 Å². The van der Waals surface area contributed by atoms with Gasteiger partial charge in [0.05, 0.1) is 18.4 Å². The SMILES string of the molecule is Cc1ccccc1-c1cnc(CNCC(C)C)[nH]1. The molecular formula is C15H21N3. The second-order valence-electron chi connectivity index (χ2n) is 5.08. The molecule has 0 radical (unpaired) electrons. The van der Waals surface area contributed by atoms with Crippen LogP contribution in [0.3, 0.4) is 0 Å². The molecule has 0 saturated heterocycles. The van der Waals surface area contributed by atoms with Crippen molar-refractivity contribution in [1.29, 1.82) is 0 Å². The summed E-state index contributed by atoms with van der Waals surface area (Å²) in [6.07, 6.45) is 1.91. The molecule has 1 aromatic carbocycles. The summed E-state index contributed by atoms with van der Waals surface area (Å²) in [7, 11) is 0. The Morgan fingerprint density at radius 2 is 2.06 bits per heavy atom. The molecule has 2 N–H and O–H groups in total. The molecule has 1 heterocycles. The standard InChI is InChI=1S/C15H21N3/c1-11(2)8-16-10-15-17-9-14(18-15)13-7-5-4-6-12(13)3/h4-7,9,11,16H,8,10H2,1-3H3,(H,17,18). The Labute approximate surface area is 109 Å². The highest BCUT2D eigenvalue weighted by Gasteiger charge is 2.05. The van der Waals surface area contributed by atoms with Crippen LogP contribution >= 0.6 is 0 Å². The van der Waals surface area contributed by atoms with Gasteiger partial charge in [-0.05, 0) is 24.9 Å². The Hall–Kier alpha value is -1.61. The van der Waals surface area contributed by atoms with Crippen molar-refractivity contribution in [2.75, 3.05) is 6.54 Å². The highest BCUT2D eigenvalue weighted by Crippen LogP contribution is 2.20. The monoisotopic (exact) mass is 243 g/mol. The number of aromatic nitrogens is 2. The van der Waals surface area contributed by atoms with Crippen LogP contribution in [0.15, 0.2) is 30.5 Å². The van der Waals surface area contributed by atoms with E-state index in [1.54, 1.807) is 0 Å². The largest absolute Gasteiger partial charge is 0.341 e. The van der Waals surface area contributed by atoms with Crippen molar-refractivity contribution < 1.29 is 0 Å². The van der Waals surface area contributed by atoms with Crippen molar-refractivity contribution in [3.63, 3.8) is 0 Å². The van der Waals surface area contributed by atoms with Gasteiger partial charge in [-0.15, -0.1) is 0 Å². The van der Waals surface area contributed by atoms with Crippen molar-refractivity contribution in [2.24, 2.45) is 5.92 Å². The first-order valence-corrected chi connectivity index (χ1v) is 6.47. The van der Waals surface area contributed by atoms with Crippen molar-refractivity contribution >= 4 is 0 Å². The van der Waals surface area contributed by atoms with Gasteiger partial charge in [-0.3, -0.25) is 0 Å². The summed E-state index contributed by atoms with van der Waals surface area (Å²) in [5.41, 5.74) is 3.58. The molecule has 96 valence electrons. The summed E-state index contributed by atoms with van der Waals surface area (Å²) in [6, 6.07) is 8.35. The Morgan fingerprint density at radius 1 is 1.28 bits per heavy atom. The topological polar surface area (TPSA) is 40.7 Å². The van der Waals surface area contributed by atoms with Crippen LogP contribution in [0.1, 0.15) is 25.2 Å². The maximum absolute atomic E-state index is 4.41. The van der Waals surface area contributed by atoms with Crippen molar-refractivity contribution in [2.45, 2.75) is 27.3 Å². The number of aryl methyl sites for hydroxylation is 1. The molecule has 0 unspecified atom stereocenters. The quantitative estimate of drug-likeness (QED) is 0.847. The minimum absolute atomic E-state index is 0.663. The Bertz CT molecular complexity index is 500. The van der Waals surface area contributed by atoms with E-state index in [-0.39, 0.29) is 0 Å². The van der Waals surface area contributed by atoms with Crippen LogP contribution in [-0.4, -0.2) is 16.5 Å². The highest BCUT2D eigenvalue weighted by atomic mass is 15.0. The molecule has 18 heavy (non-hydrogen) atoms. The molecule has 0 aliphatic rings. The highest BCUT2D eigenvalue weighted by molar-refractivity contribution is 5.62. The van der Waals surface area contributed by atoms with Crippen LogP contribution in [0.4, 0.5) is 0 Å². The van der Waals surface area contributed by atoms with Crippen LogP contribution < -0.4 is 5.32 Å². The van der Waals surface area contributed by atoms with Crippen LogP contribution in [0, 0.1) is 12.8 Å². The zero-order valence-electron chi connectivity index (χ0n) is 11.3. The number of rotatable bonds is 5. The average molecular weight is 243 g/mol. The number of aromatic amines is 1. The molecule has 2 aromatic rings. The molecule has 0 aliphatic carbocycles. The van der Waals surface area contributed by atoms with E-state index in [1.165, 1.54) is 11.1 Å². The zero-order valence-corrected chi connectivity index (χ0v) is 11.3. The normalized spacial score (nSPS) is 11.1. The molecule has 0 aliphatic heterocycles. The predicted octanol–water partition coefficient (Wildman–Crippen LogP) is 3.13. The number of nitrogens with zero attached hydrogens (tertiary/aromatic N) is 1. The van der Waals surface area contributed by atoms with Gasteiger partial charge >= 0.3 is 0 Å². The number of H-pyrrole nitrogens is 1. The zero-order chi connectivity index (χ0) is 13.0. The van der Waals surface area contributed by atoms with Crippen LogP contribution in [-0.2, 0) is 6.54 Å². The van der Waals surface area contributed by atoms with Gasteiger partial charge in [0.25, 0.3) is 0 Å². The van der Waals surface area contributed by atoms with Crippen LogP contribution in [0.2, 0.25) is 0 Å². The van der Waals surface area contributed by atoms with Gasteiger partial charge in [-0.25, -0.2) is 4.98 Å². The molecule has 0 amide bonds. The first-order chi connectivity index (χ1) is 8.66. The van der Waals surface area contributed by atoms with Gasteiger partial charge in [-0.1, -0.05) is 38.1 Å². The van der Waals surface area contributed by atoms with E-state index in [2.05, 4.69) is 60.3 Å². The lowest BCUT2D eigenvalue weighted by Crippen LogP contribution is -2.19. The average Bonchev–Trinajstić information content (AvgIpc) is 2.78. The van der Waals surface area contributed by atoms with E-state index in [0.717, 1.165) is 24.6 Å². The first kappa shape index (κ1) is 12.8. The van der Waals surface area contributed by atoms with Gasteiger partial charge in [0, 0.05) is 5.56 Å². The Morgan fingerprint density at radius 3 is 2.78 bits per heavy atom. The number of imidazole rings is 1. The summed E-state index contributed by atoms with van der Waals surface area (Å²) in [5, 5.41) is 3.39. The van der Waals surface area contributed by atoms with E-state index in [9.17, 15) is 0 Å². The predicted molar refractivity (Wildman–Crippen MR) is 75.3 cm³/mol. The smallest absolute Gasteiger partial charge is 0.120 e. The lowest BCUT2D eigenvalue weighted by Gasteiger charge is -2.05. The third-order valence-electron chi connectivity index (χ3n) is 2.91. The van der Waals surface area contributed by atoms with Crippen LogP contribution in [0.25, 0.3) is 11.3 Å². The van der Waals surface area contributed by atoms with E-state index in [1.807, 2.05) is 6.20 Å². The summed E-state index contributed by atoms with van der Waals surface area (Å²) < 4.78 is 0. The maximum atomic E-state index is 4.41. The molecule has 2 rings (SSSR count). The molecule has 0 fully saturated rings. The molecule has 3 nitrogen and oxygen atoms in total. The van der Waals surface area contributed by atoms with Gasteiger partial charge in [-0.2, -0.15) is 0 Å². The van der Waals surface area contributed by atoms with Crippen molar-refractivity contribution in [3.05, 3.63) is 41.9 Å². The van der Waals surface area contributed by atoms with E-state index >= 15 is 0 Å². The lowest BCUT2D eigenvalue weighted by molar-refractivity contribution is 0.545. The van der Waals surface area contributed by atoms with Crippen molar-refractivity contribution in [3.8, 4) is 11.3 Å².